The standard InChI is InChI=1S/C19H20ClNO3.ClH/c20-16-7-3-14(4-8-16)19(21,13-22)15-5-9-17(10-6-15)24-18-2-1-11-23-12-18;/h3-10,13,18H,1-2,11-12,21H2;1H. The van der Waals surface area contributed by atoms with Gasteiger partial charge in [0, 0.05) is 11.6 Å². The summed E-state index contributed by atoms with van der Waals surface area (Å²) in [5.74, 6) is 0.749. The van der Waals surface area contributed by atoms with Crippen molar-refractivity contribution in [1.82, 2.24) is 0 Å². The summed E-state index contributed by atoms with van der Waals surface area (Å²) in [7, 11) is 0. The predicted octanol–water partition coefficient (Wildman–Crippen LogP) is 3.72. The van der Waals surface area contributed by atoms with Crippen molar-refractivity contribution in [3.63, 3.8) is 0 Å². The first kappa shape index (κ1) is 19.7. The van der Waals surface area contributed by atoms with Gasteiger partial charge in [0.05, 0.1) is 6.61 Å². The number of rotatable bonds is 5. The molecule has 1 saturated heterocycles. The van der Waals surface area contributed by atoms with E-state index in [1.807, 2.05) is 24.3 Å². The molecule has 0 aliphatic carbocycles. The zero-order valence-electron chi connectivity index (χ0n) is 13.7. The molecule has 2 atom stereocenters. The minimum absolute atomic E-state index is 0. The van der Waals surface area contributed by atoms with Crippen molar-refractivity contribution in [1.29, 1.82) is 0 Å². The van der Waals surface area contributed by atoms with E-state index in [-0.39, 0.29) is 18.5 Å². The van der Waals surface area contributed by atoms with Crippen LogP contribution in [0.1, 0.15) is 24.0 Å². The van der Waals surface area contributed by atoms with Crippen molar-refractivity contribution >= 4 is 30.3 Å². The molecule has 2 aromatic rings. The summed E-state index contributed by atoms with van der Waals surface area (Å²) in [4.78, 5) is 11.7. The first-order valence-corrected chi connectivity index (χ1v) is 8.36. The molecule has 6 heteroatoms. The van der Waals surface area contributed by atoms with Gasteiger partial charge in [-0.15, -0.1) is 12.4 Å². The van der Waals surface area contributed by atoms with E-state index < -0.39 is 5.54 Å². The number of benzene rings is 2. The average molecular weight is 382 g/mol. The fraction of sp³-hybridized carbons (Fsp3) is 0.316. The summed E-state index contributed by atoms with van der Waals surface area (Å²) < 4.78 is 11.3. The van der Waals surface area contributed by atoms with E-state index in [9.17, 15) is 4.79 Å². The highest BCUT2D eigenvalue weighted by Crippen LogP contribution is 2.28. The van der Waals surface area contributed by atoms with Gasteiger partial charge in [0.25, 0.3) is 0 Å². The molecule has 2 unspecified atom stereocenters. The molecule has 25 heavy (non-hydrogen) atoms. The van der Waals surface area contributed by atoms with Crippen LogP contribution in [0.4, 0.5) is 0 Å². The number of aldehydes is 1. The second-order valence-corrected chi connectivity index (χ2v) is 6.41. The van der Waals surface area contributed by atoms with E-state index in [0.29, 0.717) is 22.8 Å². The third-order valence-corrected chi connectivity index (χ3v) is 4.51. The summed E-state index contributed by atoms with van der Waals surface area (Å²) >= 11 is 5.91. The van der Waals surface area contributed by atoms with Crippen molar-refractivity contribution in [2.24, 2.45) is 5.73 Å². The van der Waals surface area contributed by atoms with Crippen LogP contribution in [0.15, 0.2) is 48.5 Å². The highest BCUT2D eigenvalue weighted by atomic mass is 35.5. The van der Waals surface area contributed by atoms with E-state index in [4.69, 9.17) is 26.8 Å². The molecule has 2 N–H and O–H groups in total. The summed E-state index contributed by atoms with van der Waals surface area (Å²) in [6.45, 7) is 1.41. The Morgan fingerprint density at radius 2 is 1.72 bits per heavy atom. The van der Waals surface area contributed by atoms with Crippen molar-refractivity contribution in [3.8, 4) is 5.75 Å². The van der Waals surface area contributed by atoms with E-state index in [2.05, 4.69) is 0 Å². The van der Waals surface area contributed by atoms with Gasteiger partial charge >= 0.3 is 0 Å². The molecule has 0 bridgehead atoms. The molecule has 0 saturated carbocycles. The first-order chi connectivity index (χ1) is 11.6. The van der Waals surface area contributed by atoms with Crippen LogP contribution in [0.25, 0.3) is 0 Å². The van der Waals surface area contributed by atoms with Crippen LogP contribution >= 0.6 is 24.0 Å². The Morgan fingerprint density at radius 1 is 1.12 bits per heavy atom. The van der Waals surface area contributed by atoms with E-state index in [1.54, 1.807) is 24.3 Å². The van der Waals surface area contributed by atoms with Gasteiger partial charge < -0.3 is 20.0 Å². The van der Waals surface area contributed by atoms with Crippen LogP contribution in [0.3, 0.4) is 0 Å². The predicted molar refractivity (Wildman–Crippen MR) is 101 cm³/mol. The number of nitrogens with two attached hydrogens (primary N) is 1. The molecule has 1 aliphatic heterocycles. The molecule has 4 nitrogen and oxygen atoms in total. The van der Waals surface area contributed by atoms with Crippen molar-refractivity contribution in [2.75, 3.05) is 13.2 Å². The molecule has 0 spiro atoms. The quantitative estimate of drug-likeness (QED) is 0.801. The SMILES string of the molecule is Cl.NC(C=O)(c1ccc(Cl)cc1)c1ccc(OC2CCCOC2)cc1. The van der Waals surface area contributed by atoms with Gasteiger partial charge in [0.2, 0.25) is 0 Å². The molecular weight excluding hydrogens is 361 g/mol. The fourth-order valence-corrected chi connectivity index (χ4v) is 2.96. The van der Waals surface area contributed by atoms with Crippen LogP contribution in [0.2, 0.25) is 5.02 Å². The topological polar surface area (TPSA) is 61.6 Å². The number of carbonyl (C=O) groups is 1. The Bertz CT molecular complexity index is 685. The number of halogens is 2. The summed E-state index contributed by atoms with van der Waals surface area (Å²) in [6, 6.07) is 14.3. The maximum atomic E-state index is 11.7. The molecule has 2 aromatic carbocycles. The Balaban J connectivity index is 0.00000225. The molecule has 1 aliphatic rings. The minimum Gasteiger partial charge on any atom is -0.488 e. The Labute approximate surface area is 158 Å². The Kier molecular flexibility index (Phi) is 6.85. The molecule has 1 fully saturated rings. The maximum Gasteiger partial charge on any atom is 0.148 e. The summed E-state index contributed by atoms with van der Waals surface area (Å²) in [6.07, 6.45) is 2.83. The molecular formula is C19H21Cl2NO3. The number of hydrogen-bond acceptors (Lipinski definition) is 4. The van der Waals surface area contributed by atoms with E-state index >= 15 is 0 Å². The lowest BCUT2D eigenvalue weighted by atomic mass is 9.85. The van der Waals surface area contributed by atoms with Gasteiger partial charge in [0.15, 0.2) is 0 Å². The van der Waals surface area contributed by atoms with Gasteiger partial charge in [-0.1, -0.05) is 35.9 Å². The minimum atomic E-state index is -1.21. The maximum absolute atomic E-state index is 11.7. The van der Waals surface area contributed by atoms with Crippen LogP contribution in [0, 0.1) is 0 Å². The van der Waals surface area contributed by atoms with Gasteiger partial charge in [-0.2, -0.15) is 0 Å². The summed E-state index contributed by atoms with van der Waals surface area (Å²) in [5, 5.41) is 0.602. The second kappa shape index (κ2) is 8.68. The molecule has 1 heterocycles. The third-order valence-electron chi connectivity index (χ3n) is 4.26. The van der Waals surface area contributed by atoms with Gasteiger partial charge in [0.1, 0.15) is 23.7 Å². The number of hydrogen-bond donors (Lipinski definition) is 1. The van der Waals surface area contributed by atoms with Crippen LogP contribution < -0.4 is 10.5 Å². The molecule has 3 rings (SSSR count). The van der Waals surface area contributed by atoms with Crippen molar-refractivity contribution < 1.29 is 14.3 Å². The normalized spacial score (nSPS) is 19.4. The smallest absolute Gasteiger partial charge is 0.148 e. The molecule has 134 valence electrons. The Hall–Kier alpha value is -1.59. The van der Waals surface area contributed by atoms with Crippen molar-refractivity contribution in [3.05, 3.63) is 64.7 Å². The number of carbonyl (C=O) groups excluding carboxylic acids is 1. The highest BCUT2D eigenvalue weighted by molar-refractivity contribution is 6.30. The zero-order chi connectivity index (χ0) is 17.0. The second-order valence-electron chi connectivity index (χ2n) is 5.98. The monoisotopic (exact) mass is 381 g/mol. The fourth-order valence-electron chi connectivity index (χ4n) is 2.83. The molecule has 0 amide bonds. The van der Waals surface area contributed by atoms with Gasteiger partial charge in [-0.25, -0.2) is 0 Å². The molecule has 0 aromatic heterocycles. The highest BCUT2D eigenvalue weighted by Gasteiger charge is 2.29. The van der Waals surface area contributed by atoms with Crippen LogP contribution in [-0.4, -0.2) is 25.6 Å². The van der Waals surface area contributed by atoms with Crippen molar-refractivity contribution in [2.45, 2.75) is 24.5 Å². The first-order valence-electron chi connectivity index (χ1n) is 7.98. The lowest BCUT2D eigenvalue weighted by Gasteiger charge is -2.26. The Morgan fingerprint density at radius 3 is 2.24 bits per heavy atom. The number of ether oxygens (including phenoxy) is 2. The third kappa shape index (κ3) is 4.53. The summed E-state index contributed by atoms with van der Waals surface area (Å²) in [5.41, 5.74) is 6.53. The van der Waals surface area contributed by atoms with Gasteiger partial charge in [-0.3, -0.25) is 0 Å². The van der Waals surface area contributed by atoms with Crippen LogP contribution in [0.5, 0.6) is 5.75 Å². The van der Waals surface area contributed by atoms with Gasteiger partial charge in [-0.05, 0) is 48.2 Å². The molecule has 0 radical (unpaired) electrons. The van der Waals surface area contributed by atoms with E-state index in [0.717, 1.165) is 31.5 Å². The largest absolute Gasteiger partial charge is 0.488 e. The average Bonchev–Trinajstić information content (AvgIpc) is 2.63. The lowest BCUT2D eigenvalue weighted by molar-refractivity contribution is -0.111. The van der Waals surface area contributed by atoms with E-state index in [1.165, 1.54) is 0 Å². The van der Waals surface area contributed by atoms with Crippen LogP contribution in [-0.2, 0) is 15.1 Å². The lowest BCUT2D eigenvalue weighted by Crippen LogP contribution is -2.39. The zero-order valence-corrected chi connectivity index (χ0v) is 15.3.